The van der Waals surface area contributed by atoms with Crippen LogP contribution in [0.3, 0.4) is 0 Å². The highest BCUT2D eigenvalue weighted by atomic mass is 16.5. The summed E-state index contributed by atoms with van der Waals surface area (Å²) in [5, 5.41) is 0. The molecule has 5 nitrogen and oxygen atoms in total. The van der Waals surface area contributed by atoms with Gasteiger partial charge in [-0.15, -0.1) is 0 Å². The van der Waals surface area contributed by atoms with Crippen LogP contribution in [0.4, 0.5) is 0 Å². The Kier molecular flexibility index (Phi) is 6.66. The Morgan fingerprint density at radius 1 is 0.750 bits per heavy atom. The van der Waals surface area contributed by atoms with E-state index >= 15 is 0 Å². The summed E-state index contributed by atoms with van der Waals surface area (Å²) in [6.07, 6.45) is 0. The Morgan fingerprint density at radius 2 is 1.31 bits per heavy atom. The molecule has 3 aromatic carbocycles. The van der Waals surface area contributed by atoms with Gasteiger partial charge in [-0.25, -0.2) is 4.79 Å². The molecule has 0 radical (unpaired) electrons. The van der Waals surface area contributed by atoms with Crippen molar-refractivity contribution in [2.45, 2.75) is 13.0 Å². The van der Waals surface area contributed by atoms with Crippen molar-refractivity contribution in [1.82, 2.24) is 9.80 Å². The van der Waals surface area contributed by atoms with E-state index in [2.05, 4.69) is 60.4 Å². The highest BCUT2D eigenvalue weighted by Gasteiger charge is 2.28. The number of amides is 1. The van der Waals surface area contributed by atoms with Gasteiger partial charge in [-0.3, -0.25) is 9.69 Å². The number of piperazine rings is 1. The number of esters is 1. The molecule has 1 atom stereocenters. The summed E-state index contributed by atoms with van der Waals surface area (Å²) in [6, 6.07) is 26.1. The molecule has 1 saturated heterocycles. The van der Waals surface area contributed by atoms with Gasteiger partial charge in [-0.1, -0.05) is 60.2 Å². The molecule has 0 spiro atoms. The lowest BCUT2D eigenvalue weighted by molar-refractivity contribution is 0.0587. The van der Waals surface area contributed by atoms with Crippen LogP contribution in [0.15, 0.2) is 78.9 Å². The molecule has 5 heteroatoms. The van der Waals surface area contributed by atoms with Gasteiger partial charge in [0.25, 0.3) is 5.91 Å². The largest absolute Gasteiger partial charge is 0.465 e. The smallest absolute Gasteiger partial charge is 0.337 e. The van der Waals surface area contributed by atoms with E-state index in [1.807, 2.05) is 11.0 Å². The maximum absolute atomic E-state index is 13.0. The van der Waals surface area contributed by atoms with Gasteiger partial charge in [-0.05, 0) is 42.3 Å². The topological polar surface area (TPSA) is 49.9 Å². The molecule has 0 aromatic heterocycles. The second-order valence-electron chi connectivity index (χ2n) is 8.12. The van der Waals surface area contributed by atoms with Crippen molar-refractivity contribution in [1.29, 1.82) is 0 Å². The third kappa shape index (κ3) is 4.73. The molecule has 4 rings (SSSR count). The predicted octanol–water partition coefficient (Wildman–Crippen LogP) is 4.33. The number of ether oxygens (including phenoxy) is 1. The standard InChI is InChI=1S/C27H28N2O3/c1-20-8-10-22(11-9-20)25(21-6-4-3-5-7-21)28-16-18-29(19-17-28)26(30)23-12-14-24(15-13-23)27(31)32-2/h3-15,25H,16-19H2,1-2H3/t25-/m0/s1. The zero-order valence-corrected chi connectivity index (χ0v) is 18.5. The molecule has 0 saturated carbocycles. The van der Waals surface area contributed by atoms with Crippen molar-refractivity contribution in [3.05, 3.63) is 107 Å². The van der Waals surface area contributed by atoms with Crippen LogP contribution in [0.5, 0.6) is 0 Å². The quantitative estimate of drug-likeness (QED) is 0.568. The fourth-order valence-corrected chi connectivity index (χ4v) is 4.23. The average molecular weight is 429 g/mol. The number of aryl methyl sites for hydroxylation is 1. The Hall–Kier alpha value is -3.44. The number of rotatable bonds is 5. The van der Waals surface area contributed by atoms with Crippen LogP contribution in [0, 0.1) is 6.92 Å². The average Bonchev–Trinajstić information content (AvgIpc) is 2.85. The number of nitrogens with zero attached hydrogens (tertiary/aromatic N) is 2. The third-order valence-electron chi connectivity index (χ3n) is 6.03. The van der Waals surface area contributed by atoms with E-state index in [1.54, 1.807) is 24.3 Å². The highest BCUT2D eigenvalue weighted by molar-refractivity contribution is 5.96. The summed E-state index contributed by atoms with van der Waals surface area (Å²) in [5.41, 5.74) is 4.80. The molecular weight excluding hydrogens is 400 g/mol. The summed E-state index contributed by atoms with van der Waals surface area (Å²) < 4.78 is 4.73. The van der Waals surface area contributed by atoms with Crippen molar-refractivity contribution >= 4 is 11.9 Å². The Balaban J connectivity index is 1.47. The highest BCUT2D eigenvalue weighted by Crippen LogP contribution is 2.30. The summed E-state index contributed by atoms with van der Waals surface area (Å²) in [6.45, 7) is 5.00. The van der Waals surface area contributed by atoms with Gasteiger partial charge in [0.2, 0.25) is 0 Å². The number of methoxy groups -OCH3 is 1. The lowest BCUT2D eigenvalue weighted by atomic mass is 9.95. The minimum Gasteiger partial charge on any atom is -0.465 e. The van der Waals surface area contributed by atoms with E-state index in [0.717, 1.165) is 13.1 Å². The molecule has 0 aliphatic carbocycles. The van der Waals surface area contributed by atoms with Crippen molar-refractivity contribution < 1.29 is 14.3 Å². The van der Waals surface area contributed by atoms with Crippen molar-refractivity contribution in [2.75, 3.05) is 33.3 Å². The van der Waals surface area contributed by atoms with Crippen LogP contribution in [0.2, 0.25) is 0 Å². The van der Waals surface area contributed by atoms with E-state index in [9.17, 15) is 9.59 Å². The number of carbonyl (C=O) groups excluding carboxylic acids is 2. The van der Waals surface area contributed by atoms with Gasteiger partial charge in [0, 0.05) is 31.7 Å². The van der Waals surface area contributed by atoms with Crippen LogP contribution >= 0.6 is 0 Å². The van der Waals surface area contributed by atoms with Crippen LogP contribution in [-0.4, -0.2) is 55.0 Å². The van der Waals surface area contributed by atoms with Crippen LogP contribution in [0.1, 0.15) is 43.4 Å². The second kappa shape index (κ2) is 9.79. The van der Waals surface area contributed by atoms with E-state index in [4.69, 9.17) is 4.74 Å². The zero-order valence-electron chi connectivity index (χ0n) is 18.5. The van der Waals surface area contributed by atoms with E-state index in [-0.39, 0.29) is 11.9 Å². The minimum atomic E-state index is -0.402. The molecule has 1 heterocycles. The van der Waals surface area contributed by atoms with Gasteiger partial charge in [0.1, 0.15) is 0 Å². The Bertz CT molecular complexity index is 1050. The first-order chi connectivity index (χ1) is 15.6. The van der Waals surface area contributed by atoms with Crippen molar-refractivity contribution in [2.24, 2.45) is 0 Å². The minimum absolute atomic E-state index is 0.00679. The molecule has 1 aliphatic heterocycles. The molecule has 3 aromatic rings. The van der Waals surface area contributed by atoms with Crippen LogP contribution < -0.4 is 0 Å². The predicted molar refractivity (Wildman–Crippen MR) is 125 cm³/mol. The second-order valence-corrected chi connectivity index (χ2v) is 8.12. The van der Waals surface area contributed by atoms with Crippen LogP contribution in [-0.2, 0) is 4.74 Å². The number of carbonyl (C=O) groups is 2. The van der Waals surface area contributed by atoms with Gasteiger partial charge in [0.15, 0.2) is 0 Å². The van der Waals surface area contributed by atoms with Gasteiger partial charge >= 0.3 is 5.97 Å². The fraction of sp³-hybridized carbons (Fsp3) is 0.259. The monoisotopic (exact) mass is 428 g/mol. The first kappa shape index (κ1) is 21.8. The molecule has 1 amide bonds. The molecule has 0 bridgehead atoms. The molecule has 1 fully saturated rings. The maximum Gasteiger partial charge on any atom is 0.337 e. The number of benzene rings is 3. The summed E-state index contributed by atoms with van der Waals surface area (Å²) >= 11 is 0. The zero-order chi connectivity index (χ0) is 22.5. The maximum atomic E-state index is 13.0. The van der Waals surface area contributed by atoms with Crippen molar-refractivity contribution in [3.63, 3.8) is 0 Å². The fourth-order valence-electron chi connectivity index (χ4n) is 4.23. The molecule has 0 unspecified atom stereocenters. The summed E-state index contributed by atoms with van der Waals surface area (Å²) in [7, 11) is 1.35. The molecule has 1 aliphatic rings. The first-order valence-corrected chi connectivity index (χ1v) is 10.9. The summed E-state index contributed by atoms with van der Waals surface area (Å²) in [5.74, 6) is -0.409. The third-order valence-corrected chi connectivity index (χ3v) is 6.03. The molecular formula is C27H28N2O3. The molecule has 32 heavy (non-hydrogen) atoms. The van der Waals surface area contributed by atoms with E-state index < -0.39 is 5.97 Å². The SMILES string of the molecule is COC(=O)c1ccc(C(=O)N2CCN([C@@H](c3ccccc3)c3ccc(C)cc3)CC2)cc1. The summed E-state index contributed by atoms with van der Waals surface area (Å²) in [4.78, 5) is 29.0. The first-order valence-electron chi connectivity index (χ1n) is 10.9. The van der Waals surface area contributed by atoms with Crippen LogP contribution in [0.25, 0.3) is 0 Å². The van der Waals surface area contributed by atoms with E-state index in [0.29, 0.717) is 24.2 Å². The number of hydrogen-bond acceptors (Lipinski definition) is 4. The molecule has 0 N–H and O–H groups in total. The van der Waals surface area contributed by atoms with Crippen molar-refractivity contribution in [3.8, 4) is 0 Å². The van der Waals surface area contributed by atoms with Gasteiger partial charge < -0.3 is 9.64 Å². The van der Waals surface area contributed by atoms with E-state index in [1.165, 1.54) is 23.8 Å². The lowest BCUT2D eigenvalue weighted by Gasteiger charge is -2.40. The Labute approximate surface area is 189 Å². The number of hydrogen-bond donors (Lipinski definition) is 0. The van der Waals surface area contributed by atoms with Gasteiger partial charge in [-0.2, -0.15) is 0 Å². The normalized spacial score (nSPS) is 15.2. The Morgan fingerprint density at radius 3 is 1.91 bits per heavy atom. The molecule has 164 valence electrons. The lowest BCUT2D eigenvalue weighted by Crippen LogP contribution is -2.49. The van der Waals surface area contributed by atoms with Gasteiger partial charge in [0.05, 0.1) is 18.7 Å².